The molecule has 3 N–H and O–H groups in total. The number of nitrogen functional groups attached to an aromatic ring is 1. The summed E-state index contributed by atoms with van der Waals surface area (Å²) in [5.41, 5.74) is 6.23. The van der Waals surface area contributed by atoms with Crippen LogP contribution in [-0.4, -0.2) is 26.0 Å². The zero-order chi connectivity index (χ0) is 15.2. The van der Waals surface area contributed by atoms with Crippen LogP contribution in [0.5, 0.6) is 5.75 Å². The number of benzene rings is 1. The third-order valence-electron chi connectivity index (χ3n) is 3.67. The quantitative estimate of drug-likeness (QED) is 0.792. The van der Waals surface area contributed by atoms with Crippen LogP contribution in [-0.2, 0) is 13.0 Å². The Kier molecular flexibility index (Phi) is 3.03. The predicted molar refractivity (Wildman–Crippen MR) is 69.4 cm³/mol. The Morgan fingerprint density at radius 3 is 2.71 bits per heavy atom. The third-order valence-corrected chi connectivity index (χ3v) is 3.67. The average Bonchev–Trinajstić information content (AvgIpc) is 2.80. The molecule has 112 valence electrons. The van der Waals surface area contributed by atoms with Crippen LogP contribution in [0.1, 0.15) is 12.2 Å². The number of hydrogen-bond donors (Lipinski definition) is 2. The number of aryl methyl sites for hydroxylation is 1. The average molecular weight is 298 g/mol. The zero-order valence-electron chi connectivity index (χ0n) is 10.9. The topological polar surface area (TPSA) is 77.0 Å². The first kappa shape index (κ1) is 13.7. The van der Waals surface area contributed by atoms with Crippen LogP contribution in [0, 0.1) is 5.92 Å². The predicted octanol–water partition coefficient (Wildman–Crippen LogP) is 2.36. The molecule has 3 rings (SSSR count). The number of nitrogens with zero attached hydrogens (tertiary/aromatic N) is 3. The summed E-state index contributed by atoms with van der Waals surface area (Å²) in [4.78, 5) is 0. The van der Waals surface area contributed by atoms with Gasteiger partial charge in [0.05, 0.1) is 11.5 Å². The molecule has 0 saturated carbocycles. The van der Waals surface area contributed by atoms with Crippen molar-refractivity contribution in [1.82, 2.24) is 14.8 Å². The number of nitrogens with two attached hydrogens (primary N) is 1. The zero-order valence-corrected chi connectivity index (χ0v) is 10.9. The molecule has 1 aromatic carbocycles. The molecule has 1 atom stereocenters. The van der Waals surface area contributed by atoms with Crippen molar-refractivity contribution in [1.29, 1.82) is 0 Å². The van der Waals surface area contributed by atoms with Crippen LogP contribution in [0.2, 0.25) is 0 Å². The Bertz CT molecular complexity index is 681. The first-order chi connectivity index (χ1) is 9.86. The summed E-state index contributed by atoms with van der Waals surface area (Å²) >= 11 is 0. The Hall–Kier alpha value is -2.25. The minimum absolute atomic E-state index is 0.00928. The number of aromatic nitrogens is 3. The van der Waals surface area contributed by atoms with E-state index in [-0.39, 0.29) is 31.0 Å². The highest BCUT2D eigenvalue weighted by atomic mass is 19.4. The number of phenols is 1. The van der Waals surface area contributed by atoms with Gasteiger partial charge in [0.1, 0.15) is 11.6 Å². The van der Waals surface area contributed by atoms with Crippen molar-refractivity contribution < 1.29 is 18.3 Å². The van der Waals surface area contributed by atoms with Crippen LogP contribution >= 0.6 is 0 Å². The van der Waals surface area contributed by atoms with Gasteiger partial charge in [0.25, 0.3) is 0 Å². The van der Waals surface area contributed by atoms with Crippen LogP contribution in [0.3, 0.4) is 0 Å². The molecule has 8 heteroatoms. The summed E-state index contributed by atoms with van der Waals surface area (Å²) < 4.78 is 40.1. The first-order valence-electron chi connectivity index (χ1n) is 6.44. The van der Waals surface area contributed by atoms with E-state index in [1.165, 1.54) is 16.7 Å². The highest BCUT2D eigenvalue weighted by Gasteiger charge is 2.42. The molecule has 1 aliphatic heterocycles. The van der Waals surface area contributed by atoms with Gasteiger partial charge in [0.2, 0.25) is 0 Å². The van der Waals surface area contributed by atoms with Crippen molar-refractivity contribution in [3.8, 4) is 17.1 Å². The smallest absolute Gasteiger partial charge is 0.393 e. The summed E-state index contributed by atoms with van der Waals surface area (Å²) in [6.45, 7) is -0.231. The first-order valence-corrected chi connectivity index (χ1v) is 6.44. The minimum atomic E-state index is -4.25. The summed E-state index contributed by atoms with van der Waals surface area (Å²) in [6.07, 6.45) is -4.02. The minimum Gasteiger partial charge on any atom is -0.507 e. The maximum atomic E-state index is 12.9. The molecule has 1 aliphatic rings. The van der Waals surface area contributed by atoms with E-state index in [9.17, 15) is 18.3 Å². The van der Waals surface area contributed by atoms with Crippen LogP contribution in [0.15, 0.2) is 18.2 Å². The third kappa shape index (κ3) is 2.41. The molecule has 2 heterocycles. The van der Waals surface area contributed by atoms with E-state index in [0.29, 0.717) is 17.1 Å². The van der Waals surface area contributed by atoms with E-state index in [4.69, 9.17) is 5.73 Å². The van der Waals surface area contributed by atoms with Gasteiger partial charge in [-0.2, -0.15) is 13.2 Å². The highest BCUT2D eigenvalue weighted by molar-refractivity contribution is 5.67. The van der Waals surface area contributed by atoms with Gasteiger partial charge < -0.3 is 15.4 Å². The van der Waals surface area contributed by atoms with Gasteiger partial charge in [0, 0.05) is 24.7 Å². The maximum Gasteiger partial charge on any atom is 0.393 e. The standard InChI is InChI=1S/C13H13F3N4O/c14-13(15,16)7-1-4-11-18-19-12(20(11)6-7)9-3-2-8(17)5-10(9)21/h2-3,5,7,21H,1,4,6,17H2. The van der Waals surface area contributed by atoms with E-state index in [1.54, 1.807) is 6.07 Å². The summed E-state index contributed by atoms with van der Waals surface area (Å²) in [5, 5.41) is 17.7. The SMILES string of the molecule is Nc1ccc(-c2nnc3n2CC(C(F)(F)F)CC3)c(O)c1. The van der Waals surface area contributed by atoms with E-state index >= 15 is 0 Å². The summed E-state index contributed by atoms with van der Waals surface area (Å²) in [5.74, 6) is -0.812. The number of aromatic hydroxyl groups is 1. The number of phenolic OH excluding ortho intramolecular Hbond substituents is 1. The fraction of sp³-hybridized carbons (Fsp3) is 0.385. The molecular formula is C13H13F3N4O. The van der Waals surface area contributed by atoms with Gasteiger partial charge >= 0.3 is 6.18 Å². The maximum absolute atomic E-state index is 12.9. The normalized spacial score (nSPS) is 18.5. The van der Waals surface area contributed by atoms with E-state index in [2.05, 4.69) is 10.2 Å². The molecule has 0 aliphatic carbocycles. The van der Waals surface area contributed by atoms with Gasteiger partial charge in [-0.1, -0.05) is 0 Å². The second kappa shape index (κ2) is 4.64. The van der Waals surface area contributed by atoms with Crippen molar-refractivity contribution in [2.75, 3.05) is 5.73 Å². The Labute approximate surface area is 118 Å². The number of fused-ring (bicyclic) bond motifs is 1. The molecule has 0 bridgehead atoms. The second-order valence-electron chi connectivity index (χ2n) is 5.10. The van der Waals surface area contributed by atoms with Crippen molar-refractivity contribution in [3.05, 3.63) is 24.0 Å². The lowest BCUT2D eigenvalue weighted by Crippen LogP contribution is -2.32. The lowest BCUT2D eigenvalue weighted by molar-refractivity contribution is -0.182. The molecule has 0 saturated heterocycles. The van der Waals surface area contributed by atoms with Crippen molar-refractivity contribution in [2.24, 2.45) is 5.92 Å². The van der Waals surface area contributed by atoms with E-state index in [0.717, 1.165) is 0 Å². The monoisotopic (exact) mass is 298 g/mol. The van der Waals surface area contributed by atoms with Crippen LogP contribution in [0.25, 0.3) is 11.4 Å². The lowest BCUT2D eigenvalue weighted by atomic mass is 9.98. The summed E-state index contributed by atoms with van der Waals surface area (Å²) in [7, 11) is 0. The lowest BCUT2D eigenvalue weighted by Gasteiger charge is -2.26. The Morgan fingerprint density at radius 1 is 1.29 bits per heavy atom. The second-order valence-corrected chi connectivity index (χ2v) is 5.10. The Balaban J connectivity index is 2.02. The van der Waals surface area contributed by atoms with Crippen LogP contribution < -0.4 is 5.73 Å². The van der Waals surface area contributed by atoms with Gasteiger partial charge in [0.15, 0.2) is 5.82 Å². The van der Waals surface area contributed by atoms with E-state index in [1.807, 2.05) is 0 Å². The van der Waals surface area contributed by atoms with Gasteiger partial charge in [-0.05, 0) is 18.6 Å². The number of alkyl halides is 3. The Morgan fingerprint density at radius 2 is 2.05 bits per heavy atom. The molecule has 5 nitrogen and oxygen atoms in total. The van der Waals surface area contributed by atoms with Crippen molar-refractivity contribution in [2.45, 2.75) is 25.6 Å². The molecule has 21 heavy (non-hydrogen) atoms. The molecule has 2 aromatic rings. The van der Waals surface area contributed by atoms with E-state index < -0.39 is 12.1 Å². The van der Waals surface area contributed by atoms with Crippen LogP contribution in [0.4, 0.5) is 18.9 Å². The molecule has 0 fully saturated rings. The van der Waals surface area contributed by atoms with Gasteiger partial charge in [-0.3, -0.25) is 0 Å². The number of halogens is 3. The summed E-state index contributed by atoms with van der Waals surface area (Å²) in [6, 6.07) is 4.42. The molecule has 0 amide bonds. The fourth-order valence-electron chi connectivity index (χ4n) is 2.53. The van der Waals surface area contributed by atoms with Gasteiger partial charge in [-0.15, -0.1) is 10.2 Å². The molecule has 1 unspecified atom stereocenters. The van der Waals surface area contributed by atoms with Gasteiger partial charge in [-0.25, -0.2) is 0 Å². The highest BCUT2D eigenvalue weighted by Crippen LogP contribution is 2.37. The molecule has 0 radical (unpaired) electrons. The molecule has 1 aromatic heterocycles. The number of hydrogen-bond acceptors (Lipinski definition) is 4. The van der Waals surface area contributed by atoms with Crippen molar-refractivity contribution in [3.63, 3.8) is 0 Å². The molecular weight excluding hydrogens is 285 g/mol. The number of anilines is 1. The largest absolute Gasteiger partial charge is 0.507 e. The number of rotatable bonds is 1. The van der Waals surface area contributed by atoms with Crippen molar-refractivity contribution >= 4 is 5.69 Å². The fourth-order valence-corrected chi connectivity index (χ4v) is 2.53. The molecule has 0 spiro atoms.